The van der Waals surface area contributed by atoms with Crippen LogP contribution in [-0.2, 0) is 9.53 Å². The van der Waals surface area contributed by atoms with E-state index in [9.17, 15) is 18.8 Å². The van der Waals surface area contributed by atoms with Crippen molar-refractivity contribution in [1.82, 2.24) is 29.2 Å². The molecular weight excluding hydrogens is 641 g/mol. The zero-order valence-electron chi connectivity index (χ0n) is 29.7. The number of halogens is 1. The number of benzene rings is 1. The number of piperazine rings is 1. The van der Waals surface area contributed by atoms with Gasteiger partial charge in [0, 0.05) is 55.8 Å². The number of pyridine rings is 1. The number of rotatable bonds is 7. The summed E-state index contributed by atoms with van der Waals surface area (Å²) in [6.07, 6.45) is 7.85. The SMILES string of the molecule is CC1CN(C(=O)[C@H]2CC[C@@H](n3/c(=N/C(=O)c4ccc(F)cc4)[nH]c4cnc(OCCN5CCCCC5)cc43)CC2)CCN1C(=O)OC(C)(C)C. The van der Waals surface area contributed by atoms with Crippen LogP contribution in [-0.4, -0.2) is 105 Å². The molecule has 50 heavy (non-hydrogen) atoms. The minimum atomic E-state index is -0.579. The van der Waals surface area contributed by atoms with Crippen molar-refractivity contribution in [3.05, 3.63) is 53.5 Å². The number of hydrogen-bond donors (Lipinski definition) is 1. The van der Waals surface area contributed by atoms with Gasteiger partial charge in [0.2, 0.25) is 17.4 Å². The van der Waals surface area contributed by atoms with Gasteiger partial charge in [0.05, 0.1) is 17.2 Å². The third-order valence-electron chi connectivity index (χ3n) is 9.97. The Balaban J connectivity index is 1.17. The molecule has 3 aromatic rings. The van der Waals surface area contributed by atoms with Gasteiger partial charge in [-0.05, 0) is 104 Å². The summed E-state index contributed by atoms with van der Waals surface area (Å²) in [6, 6.07) is 7.06. The highest BCUT2D eigenvalue weighted by Gasteiger charge is 2.36. The lowest BCUT2D eigenvalue weighted by Crippen LogP contribution is -2.57. The molecule has 2 saturated heterocycles. The second-order valence-corrected chi connectivity index (χ2v) is 14.8. The molecule has 1 aromatic carbocycles. The van der Waals surface area contributed by atoms with Gasteiger partial charge in [0.25, 0.3) is 5.91 Å². The predicted octanol–water partition coefficient (Wildman–Crippen LogP) is 5.31. The van der Waals surface area contributed by atoms with Crippen molar-refractivity contribution in [2.75, 3.05) is 45.9 Å². The number of aromatic nitrogens is 3. The average Bonchev–Trinajstić information content (AvgIpc) is 3.44. The van der Waals surface area contributed by atoms with Gasteiger partial charge in [0.1, 0.15) is 18.0 Å². The molecule has 0 bridgehead atoms. The van der Waals surface area contributed by atoms with Crippen LogP contribution in [0.25, 0.3) is 11.0 Å². The van der Waals surface area contributed by atoms with E-state index in [1.165, 1.54) is 43.5 Å². The van der Waals surface area contributed by atoms with Gasteiger partial charge in [0.15, 0.2) is 0 Å². The van der Waals surface area contributed by atoms with Crippen LogP contribution in [0.4, 0.5) is 9.18 Å². The van der Waals surface area contributed by atoms with Crippen LogP contribution in [0.5, 0.6) is 5.88 Å². The number of likely N-dealkylation sites (tertiary alicyclic amines) is 1. The van der Waals surface area contributed by atoms with Gasteiger partial charge < -0.3 is 28.8 Å². The number of carbonyl (C=O) groups is 3. The molecule has 1 N–H and O–H groups in total. The first-order valence-electron chi connectivity index (χ1n) is 18.0. The highest BCUT2D eigenvalue weighted by Crippen LogP contribution is 2.35. The molecule has 3 fully saturated rings. The number of H-pyrrole nitrogens is 1. The van der Waals surface area contributed by atoms with Crippen molar-refractivity contribution in [1.29, 1.82) is 0 Å². The maximum atomic E-state index is 13.7. The number of aromatic amines is 1. The van der Waals surface area contributed by atoms with Crippen LogP contribution in [0.1, 0.15) is 89.0 Å². The molecule has 1 unspecified atom stereocenters. The summed E-state index contributed by atoms with van der Waals surface area (Å²) in [6.45, 7) is 12.4. The first kappa shape index (κ1) is 35.6. The van der Waals surface area contributed by atoms with Gasteiger partial charge in [-0.3, -0.25) is 14.5 Å². The molecule has 1 atom stereocenters. The maximum Gasteiger partial charge on any atom is 0.410 e. The van der Waals surface area contributed by atoms with Crippen molar-refractivity contribution >= 4 is 28.9 Å². The molecule has 1 saturated carbocycles. The summed E-state index contributed by atoms with van der Waals surface area (Å²) in [5, 5.41) is 0. The fourth-order valence-corrected chi connectivity index (χ4v) is 7.35. The molecule has 6 rings (SSSR count). The first-order chi connectivity index (χ1) is 23.9. The molecule has 2 aliphatic heterocycles. The summed E-state index contributed by atoms with van der Waals surface area (Å²) >= 11 is 0. The lowest BCUT2D eigenvalue weighted by Gasteiger charge is -2.42. The Labute approximate surface area is 292 Å². The summed E-state index contributed by atoms with van der Waals surface area (Å²) < 4.78 is 27.3. The van der Waals surface area contributed by atoms with Gasteiger partial charge in [-0.25, -0.2) is 14.2 Å². The Morgan fingerprint density at radius 3 is 2.40 bits per heavy atom. The van der Waals surface area contributed by atoms with Crippen LogP contribution in [0.3, 0.4) is 0 Å². The maximum absolute atomic E-state index is 13.7. The summed E-state index contributed by atoms with van der Waals surface area (Å²) in [4.78, 5) is 57.9. The molecule has 0 spiro atoms. The normalized spacial score (nSPS) is 22.5. The number of fused-ring (bicyclic) bond motifs is 1. The van der Waals surface area contributed by atoms with Crippen LogP contribution in [0.15, 0.2) is 41.5 Å². The summed E-state index contributed by atoms with van der Waals surface area (Å²) in [5.41, 5.74) is 1.62. The highest BCUT2D eigenvalue weighted by atomic mass is 19.1. The largest absolute Gasteiger partial charge is 0.476 e. The third kappa shape index (κ3) is 8.54. The van der Waals surface area contributed by atoms with Crippen LogP contribution >= 0.6 is 0 Å². The van der Waals surface area contributed by atoms with Gasteiger partial charge >= 0.3 is 6.09 Å². The lowest BCUT2D eigenvalue weighted by atomic mass is 9.84. The molecular formula is C37H50FN7O5. The second-order valence-electron chi connectivity index (χ2n) is 14.8. The summed E-state index contributed by atoms with van der Waals surface area (Å²) in [7, 11) is 0. The Kier molecular flexibility index (Phi) is 10.9. The lowest BCUT2D eigenvalue weighted by molar-refractivity contribution is -0.139. The molecule has 0 radical (unpaired) electrons. The van der Waals surface area contributed by atoms with Crippen molar-refractivity contribution in [2.24, 2.45) is 10.9 Å². The fraction of sp³-hybridized carbons (Fsp3) is 0.595. The number of hydrogen-bond acceptors (Lipinski definition) is 7. The molecule has 3 aliphatic rings. The topological polar surface area (TPSA) is 125 Å². The van der Waals surface area contributed by atoms with E-state index in [0.29, 0.717) is 68.9 Å². The number of piperidine rings is 1. The number of nitrogens with zero attached hydrogens (tertiary/aromatic N) is 6. The van der Waals surface area contributed by atoms with Crippen molar-refractivity contribution < 1.29 is 28.2 Å². The number of ether oxygens (including phenoxy) is 2. The number of carbonyl (C=O) groups excluding carboxylic acids is 3. The van der Waals surface area contributed by atoms with E-state index < -0.39 is 17.3 Å². The Morgan fingerprint density at radius 1 is 1.00 bits per heavy atom. The quantitative estimate of drug-likeness (QED) is 0.356. The molecule has 270 valence electrons. The van der Waals surface area contributed by atoms with Crippen LogP contribution in [0.2, 0.25) is 0 Å². The fourth-order valence-electron chi connectivity index (χ4n) is 7.35. The minimum absolute atomic E-state index is 0.0286. The Hall–Kier alpha value is -4.26. The molecule has 4 heterocycles. The van der Waals surface area contributed by atoms with E-state index in [1.54, 1.807) is 11.1 Å². The minimum Gasteiger partial charge on any atom is -0.476 e. The third-order valence-corrected chi connectivity index (χ3v) is 9.97. The van der Waals surface area contributed by atoms with Gasteiger partial charge in [-0.15, -0.1) is 0 Å². The Bertz CT molecular complexity index is 1730. The van der Waals surface area contributed by atoms with Crippen molar-refractivity contribution in [3.8, 4) is 5.88 Å². The number of nitrogens with one attached hydrogen (secondary N) is 1. The zero-order chi connectivity index (χ0) is 35.4. The van der Waals surface area contributed by atoms with Crippen molar-refractivity contribution in [2.45, 2.75) is 90.3 Å². The second kappa shape index (κ2) is 15.3. The van der Waals surface area contributed by atoms with Crippen LogP contribution < -0.4 is 10.4 Å². The van der Waals surface area contributed by atoms with Crippen LogP contribution in [0, 0.1) is 11.7 Å². The van der Waals surface area contributed by atoms with E-state index in [0.717, 1.165) is 25.2 Å². The van der Waals surface area contributed by atoms with E-state index in [-0.39, 0.29) is 35.6 Å². The van der Waals surface area contributed by atoms with E-state index in [2.05, 4.69) is 19.9 Å². The van der Waals surface area contributed by atoms with E-state index in [4.69, 9.17) is 9.47 Å². The monoisotopic (exact) mass is 691 g/mol. The van der Waals surface area contributed by atoms with Crippen molar-refractivity contribution in [3.63, 3.8) is 0 Å². The standard InChI is InChI=1S/C37H50FN7O5/c1-25-24-43(18-19-44(25)36(48)50-37(2,3)4)34(47)27-10-14-29(15-11-27)45-31-22-32(49-21-20-42-16-6-5-7-17-42)39-23-30(31)40-35(45)41-33(46)26-8-12-28(38)13-9-26/h8-9,12-13,22-23,25,27,29H,5-7,10-11,14-21,24H2,1-4H3,(H,40,41,46)/t25?,27-,29+. The summed E-state index contributed by atoms with van der Waals surface area (Å²) in [5.74, 6) is -0.421. The number of amides is 3. The molecule has 12 nitrogen and oxygen atoms in total. The van der Waals surface area contributed by atoms with E-state index >= 15 is 0 Å². The number of imidazole rings is 1. The predicted molar refractivity (Wildman–Crippen MR) is 186 cm³/mol. The zero-order valence-corrected chi connectivity index (χ0v) is 29.7. The Morgan fingerprint density at radius 2 is 1.72 bits per heavy atom. The molecule has 3 amide bonds. The molecule has 13 heteroatoms. The molecule has 1 aliphatic carbocycles. The van der Waals surface area contributed by atoms with Gasteiger partial charge in [-0.2, -0.15) is 4.99 Å². The first-order valence-corrected chi connectivity index (χ1v) is 18.0. The highest BCUT2D eigenvalue weighted by molar-refractivity contribution is 5.95. The average molecular weight is 692 g/mol. The van der Waals surface area contributed by atoms with E-state index in [1.807, 2.05) is 43.2 Å². The smallest absolute Gasteiger partial charge is 0.410 e. The molecule has 2 aromatic heterocycles. The van der Waals surface area contributed by atoms with Gasteiger partial charge in [-0.1, -0.05) is 6.42 Å².